The zero-order valence-corrected chi connectivity index (χ0v) is 14.8. The third-order valence-corrected chi connectivity index (χ3v) is 4.03. The molecule has 0 aliphatic carbocycles. The maximum atomic E-state index is 5.73. The van der Waals surface area contributed by atoms with Crippen molar-refractivity contribution in [3.8, 4) is 0 Å². The normalized spacial score (nSPS) is 22.9. The summed E-state index contributed by atoms with van der Waals surface area (Å²) in [6.45, 7) is 17.1. The van der Waals surface area contributed by atoms with Crippen molar-refractivity contribution in [2.45, 2.75) is 34.1 Å². The smallest absolute Gasteiger partial charge is 0.0589 e. The Bertz CT molecular complexity index is 264. The monoisotopic (exact) mass is 300 g/mol. The van der Waals surface area contributed by atoms with Gasteiger partial charge < -0.3 is 19.7 Å². The molecule has 0 aromatic rings. The number of hydrogen-bond donors (Lipinski definition) is 1. The van der Waals surface area contributed by atoms with Gasteiger partial charge in [0.05, 0.1) is 13.2 Å². The van der Waals surface area contributed by atoms with Gasteiger partial charge >= 0.3 is 0 Å². The van der Waals surface area contributed by atoms with Gasteiger partial charge in [0.25, 0.3) is 0 Å². The average Bonchev–Trinajstić information content (AvgIpc) is 2.83. The van der Waals surface area contributed by atoms with Crippen LogP contribution < -0.4 is 5.32 Å². The van der Waals surface area contributed by atoms with Gasteiger partial charge in [-0.3, -0.25) is 0 Å². The number of rotatable bonds is 11. The van der Waals surface area contributed by atoms with Gasteiger partial charge in [0.15, 0.2) is 0 Å². The van der Waals surface area contributed by atoms with Crippen LogP contribution in [0, 0.1) is 17.3 Å². The summed E-state index contributed by atoms with van der Waals surface area (Å²) in [4.78, 5) is 2.56. The summed E-state index contributed by atoms with van der Waals surface area (Å²) in [7, 11) is 1.78. The van der Waals surface area contributed by atoms with Crippen LogP contribution in [0.5, 0.6) is 0 Å². The van der Waals surface area contributed by atoms with E-state index in [2.05, 4.69) is 37.9 Å². The molecule has 4 nitrogen and oxygen atoms in total. The van der Waals surface area contributed by atoms with Gasteiger partial charge in [-0.05, 0) is 24.8 Å². The van der Waals surface area contributed by atoms with Gasteiger partial charge in [-0.1, -0.05) is 27.7 Å². The molecule has 1 unspecified atom stereocenters. The van der Waals surface area contributed by atoms with Crippen LogP contribution in [0.3, 0.4) is 0 Å². The van der Waals surface area contributed by atoms with Crippen LogP contribution in [0.2, 0.25) is 0 Å². The molecule has 1 rings (SSSR count). The summed E-state index contributed by atoms with van der Waals surface area (Å²) in [5.74, 6) is 1.38. The van der Waals surface area contributed by atoms with Crippen molar-refractivity contribution in [3.05, 3.63) is 0 Å². The molecular formula is C17H36N2O2. The molecule has 21 heavy (non-hydrogen) atoms. The Morgan fingerprint density at radius 3 is 2.52 bits per heavy atom. The van der Waals surface area contributed by atoms with E-state index in [4.69, 9.17) is 9.47 Å². The van der Waals surface area contributed by atoms with Crippen molar-refractivity contribution in [2.75, 3.05) is 59.7 Å². The molecule has 0 bridgehead atoms. The van der Waals surface area contributed by atoms with Crippen LogP contribution in [0.25, 0.3) is 0 Å². The molecule has 126 valence electrons. The molecule has 1 aliphatic rings. The minimum atomic E-state index is 0.275. The van der Waals surface area contributed by atoms with E-state index in [1.54, 1.807) is 7.11 Å². The van der Waals surface area contributed by atoms with Crippen molar-refractivity contribution in [3.63, 3.8) is 0 Å². The van der Waals surface area contributed by atoms with E-state index in [-0.39, 0.29) is 5.41 Å². The number of hydrogen-bond acceptors (Lipinski definition) is 4. The molecule has 1 N–H and O–H groups in total. The van der Waals surface area contributed by atoms with Crippen LogP contribution >= 0.6 is 0 Å². The average molecular weight is 300 g/mol. The summed E-state index contributed by atoms with van der Waals surface area (Å²) in [6.07, 6.45) is 1.17. The van der Waals surface area contributed by atoms with Gasteiger partial charge in [-0.15, -0.1) is 0 Å². The first kappa shape index (κ1) is 18.9. The van der Waals surface area contributed by atoms with Crippen molar-refractivity contribution in [1.29, 1.82) is 0 Å². The fourth-order valence-corrected chi connectivity index (χ4v) is 3.04. The second kappa shape index (κ2) is 9.78. The van der Waals surface area contributed by atoms with Crippen LogP contribution in [0.1, 0.15) is 34.1 Å². The van der Waals surface area contributed by atoms with Crippen molar-refractivity contribution < 1.29 is 9.47 Å². The molecule has 4 heteroatoms. The maximum absolute atomic E-state index is 5.73. The topological polar surface area (TPSA) is 33.7 Å². The van der Waals surface area contributed by atoms with Crippen molar-refractivity contribution in [2.24, 2.45) is 17.3 Å². The minimum absolute atomic E-state index is 0.275. The molecule has 0 aromatic heterocycles. The van der Waals surface area contributed by atoms with E-state index >= 15 is 0 Å². The van der Waals surface area contributed by atoms with E-state index in [1.807, 2.05) is 0 Å². The van der Waals surface area contributed by atoms with E-state index in [0.29, 0.717) is 11.8 Å². The standard InChI is InChI=1S/C17H36N2O2/c1-15(2)10-18-12-17(6-8-21-14-17)13-19(7-9-20-5)11-16(3)4/h15-16,18H,6-14H2,1-5H3. The predicted octanol–water partition coefficient (Wildman–Crippen LogP) is 2.24. The molecule has 0 amide bonds. The second-order valence-electron chi connectivity index (χ2n) is 7.45. The highest BCUT2D eigenvalue weighted by atomic mass is 16.5. The lowest BCUT2D eigenvalue weighted by Gasteiger charge is -2.35. The first-order valence-corrected chi connectivity index (χ1v) is 8.47. The second-order valence-corrected chi connectivity index (χ2v) is 7.45. The molecule has 1 aliphatic heterocycles. The van der Waals surface area contributed by atoms with E-state index < -0.39 is 0 Å². The number of nitrogens with one attached hydrogen (secondary N) is 1. The summed E-state index contributed by atoms with van der Waals surface area (Å²) >= 11 is 0. The Morgan fingerprint density at radius 1 is 1.24 bits per heavy atom. The lowest BCUT2D eigenvalue weighted by molar-refractivity contribution is 0.0804. The summed E-state index contributed by atoms with van der Waals surface area (Å²) in [5.41, 5.74) is 0.275. The largest absolute Gasteiger partial charge is 0.383 e. The Morgan fingerprint density at radius 2 is 2.00 bits per heavy atom. The van der Waals surface area contributed by atoms with Crippen LogP contribution in [-0.2, 0) is 9.47 Å². The minimum Gasteiger partial charge on any atom is -0.383 e. The number of nitrogens with zero attached hydrogens (tertiary/aromatic N) is 1. The molecule has 1 fully saturated rings. The zero-order valence-electron chi connectivity index (χ0n) is 14.8. The molecule has 0 saturated carbocycles. The third-order valence-electron chi connectivity index (χ3n) is 4.03. The van der Waals surface area contributed by atoms with Crippen LogP contribution in [0.15, 0.2) is 0 Å². The number of methoxy groups -OCH3 is 1. The molecule has 1 heterocycles. The molecule has 0 spiro atoms. The van der Waals surface area contributed by atoms with E-state index in [1.165, 1.54) is 6.42 Å². The van der Waals surface area contributed by atoms with Crippen molar-refractivity contribution in [1.82, 2.24) is 10.2 Å². The highest BCUT2D eigenvalue weighted by molar-refractivity contribution is 4.89. The highest BCUT2D eigenvalue weighted by Gasteiger charge is 2.36. The Balaban J connectivity index is 2.55. The Kier molecular flexibility index (Phi) is 8.79. The van der Waals surface area contributed by atoms with Gasteiger partial charge in [0.2, 0.25) is 0 Å². The van der Waals surface area contributed by atoms with E-state index in [9.17, 15) is 0 Å². The Hall–Kier alpha value is -0.160. The van der Waals surface area contributed by atoms with Gasteiger partial charge in [-0.25, -0.2) is 0 Å². The quantitative estimate of drug-likeness (QED) is 0.634. The molecule has 1 atom stereocenters. The fraction of sp³-hybridized carbons (Fsp3) is 1.00. The van der Waals surface area contributed by atoms with E-state index in [0.717, 1.165) is 52.5 Å². The first-order chi connectivity index (χ1) is 9.97. The lowest BCUT2D eigenvalue weighted by atomic mass is 9.86. The van der Waals surface area contributed by atoms with Crippen molar-refractivity contribution >= 4 is 0 Å². The SMILES string of the molecule is COCCN(CC(C)C)CC1(CNCC(C)C)CCOC1. The van der Waals surface area contributed by atoms with Gasteiger partial charge in [0.1, 0.15) is 0 Å². The summed E-state index contributed by atoms with van der Waals surface area (Å²) in [6, 6.07) is 0. The van der Waals surface area contributed by atoms with Gasteiger partial charge in [0, 0.05) is 45.3 Å². The summed E-state index contributed by atoms with van der Waals surface area (Å²) < 4.78 is 11.0. The third kappa shape index (κ3) is 7.59. The summed E-state index contributed by atoms with van der Waals surface area (Å²) in [5, 5.41) is 3.64. The molecule has 1 saturated heterocycles. The molecule has 0 radical (unpaired) electrons. The zero-order chi connectivity index (χ0) is 15.7. The number of ether oxygens (including phenoxy) is 2. The fourth-order valence-electron chi connectivity index (χ4n) is 3.04. The lowest BCUT2D eigenvalue weighted by Crippen LogP contribution is -2.47. The molecule has 0 aromatic carbocycles. The highest BCUT2D eigenvalue weighted by Crippen LogP contribution is 2.29. The first-order valence-electron chi connectivity index (χ1n) is 8.47. The predicted molar refractivity (Wildman–Crippen MR) is 88.7 cm³/mol. The Labute approximate surface area is 131 Å². The maximum Gasteiger partial charge on any atom is 0.0589 e. The molecular weight excluding hydrogens is 264 g/mol. The van der Waals surface area contributed by atoms with Crippen LogP contribution in [0.4, 0.5) is 0 Å². The van der Waals surface area contributed by atoms with Crippen LogP contribution in [-0.4, -0.2) is 64.6 Å². The van der Waals surface area contributed by atoms with Gasteiger partial charge in [-0.2, -0.15) is 0 Å².